The molecule has 0 N–H and O–H groups in total. The van der Waals surface area contributed by atoms with Gasteiger partial charge in [0.25, 0.3) is 0 Å². The van der Waals surface area contributed by atoms with Crippen LogP contribution in [0.1, 0.15) is 23.4 Å². The third-order valence-corrected chi connectivity index (χ3v) is 6.54. The Hall–Kier alpha value is -0.950. The summed E-state index contributed by atoms with van der Waals surface area (Å²) in [4.78, 5) is 22.9. The summed E-state index contributed by atoms with van der Waals surface area (Å²) < 4.78 is 0.832. The maximum Gasteiger partial charge on any atom is 0.227 e. The molecule has 2 unspecified atom stereocenters. The second kappa shape index (κ2) is 6.51. The summed E-state index contributed by atoms with van der Waals surface area (Å²) in [6.45, 7) is 3.35. The Morgan fingerprint density at radius 3 is 2.91 bits per heavy atom. The van der Waals surface area contributed by atoms with Crippen molar-refractivity contribution in [2.24, 2.45) is 5.92 Å². The number of nitrogens with zero attached hydrogens (tertiary/aromatic N) is 3. The Bertz CT molecular complexity index is 687. The number of halogens is 1. The summed E-state index contributed by atoms with van der Waals surface area (Å²) >= 11 is 9.26. The van der Waals surface area contributed by atoms with Crippen LogP contribution in [0.4, 0.5) is 0 Å². The molecular formula is C16H18ClN3OS2. The van der Waals surface area contributed by atoms with E-state index in [1.807, 2.05) is 17.0 Å². The zero-order valence-corrected chi connectivity index (χ0v) is 15.0. The number of piperidine rings is 1. The molecule has 2 aromatic heterocycles. The summed E-state index contributed by atoms with van der Waals surface area (Å²) in [5, 5.41) is 2.04. The van der Waals surface area contributed by atoms with Gasteiger partial charge in [0, 0.05) is 35.9 Å². The number of thiophene rings is 1. The first-order chi connectivity index (χ1) is 11.2. The molecule has 2 aromatic rings. The topological polar surface area (TPSA) is 36.4 Å². The first-order valence-corrected chi connectivity index (χ1v) is 9.97. The van der Waals surface area contributed by atoms with Crippen LogP contribution < -0.4 is 0 Å². The van der Waals surface area contributed by atoms with E-state index >= 15 is 0 Å². The zero-order chi connectivity index (χ0) is 15.8. The highest BCUT2D eigenvalue weighted by molar-refractivity contribution is 7.16. The van der Waals surface area contributed by atoms with Crippen molar-refractivity contribution in [2.45, 2.75) is 32.0 Å². The van der Waals surface area contributed by atoms with Crippen molar-refractivity contribution in [1.82, 2.24) is 14.8 Å². The molecular weight excluding hydrogens is 350 g/mol. The number of fused-ring (bicyclic) bond motifs is 4. The minimum atomic E-state index is 0.128. The molecule has 7 heteroatoms. The highest BCUT2D eigenvalue weighted by atomic mass is 35.5. The SMILES string of the molecule is O=C1C2CCC(CN(Cc3ccc(Cl)s3)C2)N1Cc1cscn1. The number of hydrogen-bond acceptors (Lipinski definition) is 5. The predicted molar refractivity (Wildman–Crippen MR) is 93.8 cm³/mol. The lowest BCUT2D eigenvalue weighted by Crippen LogP contribution is -2.47. The van der Waals surface area contributed by atoms with Gasteiger partial charge in [-0.1, -0.05) is 11.6 Å². The van der Waals surface area contributed by atoms with Gasteiger partial charge in [0.2, 0.25) is 5.91 Å². The van der Waals surface area contributed by atoms with Gasteiger partial charge in [-0.05, 0) is 25.0 Å². The van der Waals surface area contributed by atoms with Gasteiger partial charge in [0.15, 0.2) is 0 Å². The van der Waals surface area contributed by atoms with E-state index in [4.69, 9.17) is 11.6 Å². The fourth-order valence-corrected chi connectivity index (χ4v) is 5.29. The predicted octanol–water partition coefficient (Wildman–Crippen LogP) is 3.48. The van der Waals surface area contributed by atoms with Gasteiger partial charge in [-0.25, -0.2) is 4.98 Å². The molecule has 1 amide bonds. The molecule has 3 aliphatic rings. The monoisotopic (exact) mass is 367 g/mol. The third kappa shape index (κ3) is 3.31. The highest BCUT2D eigenvalue weighted by Crippen LogP contribution is 2.32. The van der Waals surface area contributed by atoms with Crippen molar-refractivity contribution in [3.05, 3.63) is 37.9 Å². The Morgan fingerprint density at radius 2 is 2.17 bits per heavy atom. The van der Waals surface area contributed by atoms with Crippen LogP contribution in [0.15, 0.2) is 23.0 Å². The van der Waals surface area contributed by atoms with Crippen LogP contribution >= 0.6 is 34.3 Å². The molecule has 5 heterocycles. The van der Waals surface area contributed by atoms with Gasteiger partial charge < -0.3 is 4.90 Å². The van der Waals surface area contributed by atoms with E-state index in [2.05, 4.69) is 20.9 Å². The number of carbonyl (C=O) groups excluding carboxylic acids is 1. The van der Waals surface area contributed by atoms with E-state index < -0.39 is 0 Å². The maximum atomic E-state index is 12.8. The highest BCUT2D eigenvalue weighted by Gasteiger charge is 2.40. The molecule has 5 rings (SSSR count). The second-order valence-corrected chi connectivity index (χ2v) is 8.79. The number of thiazole rings is 1. The number of aromatic nitrogens is 1. The molecule has 23 heavy (non-hydrogen) atoms. The average molecular weight is 368 g/mol. The molecule has 4 nitrogen and oxygen atoms in total. The summed E-state index contributed by atoms with van der Waals surface area (Å²) in [7, 11) is 0. The molecule has 3 fully saturated rings. The Balaban J connectivity index is 1.50. The van der Waals surface area contributed by atoms with E-state index in [0.29, 0.717) is 18.5 Å². The van der Waals surface area contributed by atoms with Gasteiger partial charge in [-0.3, -0.25) is 9.69 Å². The molecule has 122 valence electrons. The molecule has 0 aromatic carbocycles. The maximum absolute atomic E-state index is 12.8. The molecule has 0 saturated carbocycles. The molecule has 3 saturated heterocycles. The number of rotatable bonds is 4. The molecule has 0 aliphatic carbocycles. The van der Waals surface area contributed by atoms with Crippen LogP contribution in [0.2, 0.25) is 4.34 Å². The first-order valence-electron chi connectivity index (χ1n) is 7.83. The van der Waals surface area contributed by atoms with Gasteiger partial charge in [-0.15, -0.1) is 22.7 Å². The Morgan fingerprint density at radius 1 is 1.26 bits per heavy atom. The minimum absolute atomic E-state index is 0.128. The van der Waals surface area contributed by atoms with Crippen molar-refractivity contribution < 1.29 is 4.79 Å². The number of carbonyl (C=O) groups is 1. The second-order valence-electron chi connectivity index (χ2n) is 6.27. The van der Waals surface area contributed by atoms with E-state index in [1.54, 1.807) is 22.7 Å². The van der Waals surface area contributed by atoms with E-state index in [-0.39, 0.29) is 5.92 Å². The largest absolute Gasteiger partial charge is 0.332 e. The summed E-state index contributed by atoms with van der Waals surface area (Å²) in [6, 6.07) is 4.35. The lowest BCUT2D eigenvalue weighted by atomic mass is 9.94. The van der Waals surface area contributed by atoms with Crippen LogP contribution in [0.5, 0.6) is 0 Å². The molecule has 0 radical (unpaired) electrons. The van der Waals surface area contributed by atoms with Crippen molar-refractivity contribution >= 4 is 40.2 Å². The van der Waals surface area contributed by atoms with Gasteiger partial charge >= 0.3 is 0 Å². The number of amides is 1. The molecule has 2 atom stereocenters. The smallest absolute Gasteiger partial charge is 0.227 e. The van der Waals surface area contributed by atoms with Crippen LogP contribution in [-0.2, 0) is 17.9 Å². The van der Waals surface area contributed by atoms with Crippen molar-refractivity contribution in [2.75, 3.05) is 13.1 Å². The molecule has 2 bridgehead atoms. The summed E-state index contributed by atoms with van der Waals surface area (Å²) in [6.07, 6.45) is 2.11. The lowest BCUT2D eigenvalue weighted by Gasteiger charge is -2.35. The normalized spacial score (nSPS) is 25.1. The van der Waals surface area contributed by atoms with Crippen LogP contribution in [0.25, 0.3) is 0 Å². The fraction of sp³-hybridized carbons (Fsp3) is 0.500. The van der Waals surface area contributed by atoms with Gasteiger partial charge in [-0.2, -0.15) is 0 Å². The van der Waals surface area contributed by atoms with Gasteiger partial charge in [0.05, 0.1) is 28.0 Å². The summed E-state index contributed by atoms with van der Waals surface area (Å²) in [5.41, 5.74) is 2.84. The third-order valence-electron chi connectivity index (χ3n) is 4.69. The standard InChI is InChI=1S/C16H18ClN3OS2/c17-15-4-3-14(23-15)8-19-5-11-1-2-13(7-19)20(16(11)21)6-12-9-22-10-18-12/h3-4,9-11,13H,1-2,5-8H2. The van der Waals surface area contributed by atoms with E-state index in [9.17, 15) is 4.79 Å². The zero-order valence-electron chi connectivity index (χ0n) is 12.7. The first kappa shape index (κ1) is 15.6. The van der Waals surface area contributed by atoms with Crippen LogP contribution in [0.3, 0.4) is 0 Å². The summed E-state index contributed by atoms with van der Waals surface area (Å²) in [5.74, 6) is 0.434. The quantitative estimate of drug-likeness (QED) is 0.830. The lowest BCUT2D eigenvalue weighted by molar-refractivity contribution is -0.140. The van der Waals surface area contributed by atoms with Crippen LogP contribution in [0, 0.1) is 5.92 Å². The van der Waals surface area contributed by atoms with E-state index in [1.165, 1.54) is 4.88 Å². The van der Waals surface area contributed by atoms with Crippen molar-refractivity contribution in [1.29, 1.82) is 0 Å². The van der Waals surface area contributed by atoms with E-state index in [0.717, 1.165) is 42.5 Å². The average Bonchev–Trinajstić information content (AvgIpc) is 3.10. The van der Waals surface area contributed by atoms with Crippen LogP contribution in [-0.4, -0.2) is 39.8 Å². The molecule has 3 aliphatic heterocycles. The van der Waals surface area contributed by atoms with Crippen molar-refractivity contribution in [3.8, 4) is 0 Å². The Labute approximate surface area is 148 Å². The fourth-order valence-electron chi connectivity index (χ4n) is 3.61. The Kier molecular flexibility index (Phi) is 4.41. The minimum Gasteiger partial charge on any atom is -0.332 e. The van der Waals surface area contributed by atoms with Crippen molar-refractivity contribution in [3.63, 3.8) is 0 Å². The molecule has 0 spiro atoms. The van der Waals surface area contributed by atoms with Gasteiger partial charge in [0.1, 0.15) is 0 Å². The number of hydrogen-bond donors (Lipinski definition) is 0.